The van der Waals surface area contributed by atoms with E-state index < -0.39 is 20.0 Å². The molecule has 0 heterocycles. The summed E-state index contributed by atoms with van der Waals surface area (Å²) in [7, 11) is 1.27. The van der Waals surface area contributed by atoms with Crippen molar-refractivity contribution in [3.8, 4) is 0 Å². The number of hydrogen-bond donors (Lipinski definition) is 2. The van der Waals surface area contributed by atoms with Crippen molar-refractivity contribution < 1.29 is 32.9 Å². The van der Waals surface area contributed by atoms with E-state index in [9.17, 15) is 19.4 Å². The molecule has 0 aromatic carbocycles. The number of unbranched alkanes of at least 4 members (excludes halogenated alkanes) is 35. The molecule has 0 saturated heterocycles. The van der Waals surface area contributed by atoms with Crippen molar-refractivity contribution in [3.05, 3.63) is 24.3 Å². The average Bonchev–Trinajstić information content (AvgIpc) is 3.24. The lowest BCUT2D eigenvalue weighted by atomic mass is 10.0. The topological polar surface area (TPSA) is 108 Å². The molecule has 0 fully saturated rings. The third kappa shape index (κ3) is 48.7. The first-order valence-corrected chi connectivity index (χ1v) is 28.7. The Kier molecular flexibility index (Phi) is 45.4. The van der Waals surface area contributed by atoms with E-state index in [0.717, 1.165) is 38.5 Å². The SMILES string of the molecule is CCCCCCCCCCCCCC/C=C\CCCCCCCCCCCC(=O)NC(COP(=O)([O-])OCC[N+](C)(C)C)C(O)/C=C/CCCCCCCCCCCCCCCC. The Morgan fingerprint density at radius 3 is 1.24 bits per heavy atom. The normalized spacial score (nSPS) is 14.2. The van der Waals surface area contributed by atoms with Gasteiger partial charge in [0.25, 0.3) is 7.82 Å². The quantitative estimate of drug-likeness (QED) is 0.0272. The van der Waals surface area contributed by atoms with Gasteiger partial charge in [0.2, 0.25) is 5.91 Å². The summed E-state index contributed by atoms with van der Waals surface area (Å²) in [6, 6.07) is -0.885. The smallest absolute Gasteiger partial charge is 0.268 e. The molecule has 63 heavy (non-hydrogen) atoms. The van der Waals surface area contributed by atoms with Gasteiger partial charge < -0.3 is 28.8 Å². The van der Waals surface area contributed by atoms with Crippen molar-refractivity contribution in [3.63, 3.8) is 0 Å². The molecule has 0 aromatic rings. The number of allylic oxidation sites excluding steroid dienone is 3. The summed E-state index contributed by atoms with van der Waals surface area (Å²) in [4.78, 5) is 25.4. The zero-order chi connectivity index (χ0) is 46.4. The van der Waals surface area contributed by atoms with Gasteiger partial charge in [-0.3, -0.25) is 9.36 Å². The number of phosphoric acid groups is 1. The average molecular weight is 911 g/mol. The third-order valence-corrected chi connectivity index (χ3v) is 13.4. The number of nitrogens with one attached hydrogen (secondary N) is 1. The number of carbonyl (C=O) groups is 1. The van der Waals surface area contributed by atoms with Crippen LogP contribution < -0.4 is 10.2 Å². The second kappa shape index (κ2) is 46.1. The van der Waals surface area contributed by atoms with Crippen molar-refractivity contribution in [1.82, 2.24) is 5.32 Å². The molecule has 1 amide bonds. The lowest BCUT2D eigenvalue weighted by Crippen LogP contribution is -2.45. The minimum absolute atomic E-state index is 0.000138. The van der Waals surface area contributed by atoms with Crippen molar-refractivity contribution in [1.29, 1.82) is 0 Å². The van der Waals surface area contributed by atoms with Gasteiger partial charge in [0.05, 0.1) is 39.9 Å². The molecular formula is C54H107N2O6P. The Morgan fingerprint density at radius 1 is 0.540 bits per heavy atom. The monoisotopic (exact) mass is 911 g/mol. The minimum Gasteiger partial charge on any atom is -0.756 e. The van der Waals surface area contributed by atoms with Gasteiger partial charge in [-0.2, -0.15) is 0 Å². The highest BCUT2D eigenvalue weighted by Crippen LogP contribution is 2.38. The molecule has 0 spiro atoms. The molecular weight excluding hydrogens is 804 g/mol. The van der Waals surface area contributed by atoms with Crippen LogP contribution in [0.4, 0.5) is 0 Å². The second-order valence-corrected chi connectivity index (χ2v) is 21.3. The number of phosphoric ester groups is 1. The van der Waals surface area contributed by atoms with Gasteiger partial charge in [0.1, 0.15) is 13.2 Å². The fourth-order valence-electron chi connectivity index (χ4n) is 8.09. The Morgan fingerprint density at radius 2 is 0.873 bits per heavy atom. The van der Waals surface area contributed by atoms with Crippen molar-refractivity contribution in [2.75, 3.05) is 40.9 Å². The second-order valence-electron chi connectivity index (χ2n) is 19.9. The molecule has 0 aliphatic rings. The highest BCUT2D eigenvalue weighted by molar-refractivity contribution is 7.45. The van der Waals surface area contributed by atoms with Crippen LogP contribution in [0.3, 0.4) is 0 Å². The summed E-state index contributed by atoms with van der Waals surface area (Å²) in [5.74, 6) is -0.196. The van der Waals surface area contributed by atoms with E-state index in [2.05, 4.69) is 31.3 Å². The number of likely N-dealkylation sites (N-methyl/N-ethyl adjacent to an activating group) is 1. The van der Waals surface area contributed by atoms with Crippen molar-refractivity contribution in [2.24, 2.45) is 0 Å². The van der Waals surface area contributed by atoms with Crippen molar-refractivity contribution in [2.45, 2.75) is 276 Å². The van der Waals surface area contributed by atoms with E-state index in [1.54, 1.807) is 6.08 Å². The van der Waals surface area contributed by atoms with Crippen LogP contribution in [0, 0.1) is 0 Å². The lowest BCUT2D eigenvalue weighted by Gasteiger charge is -2.29. The number of rotatable bonds is 50. The maximum atomic E-state index is 12.9. The van der Waals surface area contributed by atoms with Crippen molar-refractivity contribution >= 4 is 13.7 Å². The van der Waals surface area contributed by atoms with E-state index in [-0.39, 0.29) is 19.1 Å². The number of aliphatic hydroxyl groups excluding tert-OH is 1. The number of nitrogens with zero attached hydrogens (tertiary/aromatic N) is 1. The summed E-state index contributed by atoms with van der Waals surface area (Å²) in [6.45, 7) is 4.68. The first-order chi connectivity index (χ1) is 30.5. The largest absolute Gasteiger partial charge is 0.756 e. The summed E-state index contributed by atoms with van der Waals surface area (Å²) < 4.78 is 23.3. The minimum atomic E-state index is -4.59. The maximum absolute atomic E-state index is 12.9. The standard InChI is InChI=1S/C54H107N2O6P/c1-6-8-10-12-14-16-18-20-22-24-25-26-27-28-29-30-31-32-34-36-38-40-42-44-46-48-54(58)55-52(51-62-63(59,60)61-50-49-56(3,4)5)53(57)47-45-43-41-39-37-35-33-23-21-19-17-15-13-11-9-7-2/h28-29,45,47,52-53,57H,6-27,30-44,46,48-51H2,1-5H3,(H-,55,58,59,60)/b29-28-,47-45+. The van der Waals surface area contributed by atoms with Crippen LogP contribution in [-0.2, 0) is 18.4 Å². The fraction of sp³-hybridized carbons (Fsp3) is 0.907. The first-order valence-electron chi connectivity index (χ1n) is 27.2. The Balaban J connectivity index is 4.20. The molecule has 0 rings (SSSR count). The summed E-state index contributed by atoms with van der Waals surface area (Å²) in [5, 5.41) is 13.9. The molecule has 2 N–H and O–H groups in total. The van der Waals surface area contributed by atoms with Gasteiger partial charge in [-0.15, -0.1) is 0 Å². The van der Waals surface area contributed by atoms with E-state index in [4.69, 9.17) is 9.05 Å². The third-order valence-electron chi connectivity index (χ3n) is 12.4. The van der Waals surface area contributed by atoms with E-state index in [0.29, 0.717) is 17.4 Å². The Labute approximate surface area is 392 Å². The molecule has 0 bridgehead atoms. The van der Waals surface area contributed by atoms with Crippen LogP contribution in [0.25, 0.3) is 0 Å². The highest BCUT2D eigenvalue weighted by Gasteiger charge is 2.23. The summed E-state index contributed by atoms with van der Waals surface area (Å²) in [5.41, 5.74) is 0. The predicted molar refractivity (Wildman–Crippen MR) is 270 cm³/mol. The van der Waals surface area contributed by atoms with Gasteiger partial charge in [0.15, 0.2) is 0 Å². The van der Waals surface area contributed by atoms with Crippen LogP contribution in [0.1, 0.15) is 264 Å². The van der Waals surface area contributed by atoms with Crippen LogP contribution in [0.2, 0.25) is 0 Å². The van der Waals surface area contributed by atoms with Gasteiger partial charge >= 0.3 is 0 Å². The number of aliphatic hydroxyl groups is 1. The van der Waals surface area contributed by atoms with Crippen LogP contribution in [0.15, 0.2) is 24.3 Å². The first kappa shape index (κ1) is 62.0. The van der Waals surface area contributed by atoms with Gasteiger partial charge in [-0.05, 0) is 44.9 Å². The molecule has 3 unspecified atom stereocenters. The van der Waals surface area contributed by atoms with E-state index >= 15 is 0 Å². The van der Waals surface area contributed by atoms with E-state index in [1.807, 2.05) is 27.2 Å². The van der Waals surface area contributed by atoms with Crippen LogP contribution in [0.5, 0.6) is 0 Å². The number of carbonyl (C=O) groups excluding carboxylic acids is 1. The highest BCUT2D eigenvalue weighted by atomic mass is 31.2. The molecule has 0 aliphatic carbocycles. The molecule has 0 saturated carbocycles. The Hall–Kier alpha value is -1.02. The number of quaternary nitrogens is 1. The van der Waals surface area contributed by atoms with Gasteiger partial charge in [-0.25, -0.2) is 0 Å². The number of hydrogen-bond acceptors (Lipinski definition) is 6. The zero-order valence-electron chi connectivity index (χ0n) is 42.5. The molecule has 0 aromatic heterocycles. The molecule has 0 aliphatic heterocycles. The summed E-state index contributed by atoms with van der Waals surface area (Å²) in [6.07, 6.45) is 56.7. The molecule has 3 atom stereocenters. The Bertz CT molecular complexity index is 1080. The van der Waals surface area contributed by atoms with Crippen LogP contribution >= 0.6 is 7.82 Å². The molecule has 9 heteroatoms. The molecule has 374 valence electrons. The van der Waals surface area contributed by atoms with E-state index in [1.165, 1.54) is 205 Å². The fourth-order valence-corrected chi connectivity index (χ4v) is 8.81. The van der Waals surface area contributed by atoms with Crippen LogP contribution in [-0.4, -0.2) is 68.5 Å². The number of amides is 1. The summed E-state index contributed by atoms with van der Waals surface area (Å²) >= 11 is 0. The lowest BCUT2D eigenvalue weighted by molar-refractivity contribution is -0.870. The zero-order valence-corrected chi connectivity index (χ0v) is 43.4. The molecule has 0 radical (unpaired) electrons. The van der Waals surface area contributed by atoms with Gasteiger partial charge in [-0.1, -0.05) is 237 Å². The maximum Gasteiger partial charge on any atom is 0.268 e. The predicted octanol–water partition coefficient (Wildman–Crippen LogP) is 15.4. The molecule has 8 nitrogen and oxygen atoms in total. The van der Waals surface area contributed by atoms with Gasteiger partial charge in [0, 0.05) is 6.42 Å².